The number of aromatic nitrogens is 2. The number of rotatable bonds is 4. The van der Waals surface area contributed by atoms with Crippen LogP contribution in [0.3, 0.4) is 0 Å². The molecule has 0 radical (unpaired) electrons. The van der Waals surface area contributed by atoms with Crippen molar-refractivity contribution in [1.29, 1.82) is 0 Å². The van der Waals surface area contributed by atoms with Crippen molar-refractivity contribution in [3.05, 3.63) is 66.1 Å². The molecule has 1 aromatic heterocycles. The van der Waals surface area contributed by atoms with Gasteiger partial charge in [0.15, 0.2) is 5.69 Å². The first-order valence-electron chi connectivity index (χ1n) is 6.89. The van der Waals surface area contributed by atoms with Gasteiger partial charge in [-0.1, -0.05) is 24.3 Å². The number of thioether (sulfide) groups is 1. The third kappa shape index (κ3) is 2.98. The zero-order valence-corrected chi connectivity index (χ0v) is 13.2. The highest BCUT2D eigenvalue weighted by atomic mass is 32.2. The van der Waals surface area contributed by atoms with Crippen molar-refractivity contribution in [3.63, 3.8) is 0 Å². The smallest absolute Gasteiger partial charge is 0.269 e. The normalized spacial score (nSPS) is 10.7. The van der Waals surface area contributed by atoms with Crippen LogP contribution in [0.2, 0.25) is 0 Å². The number of carbonyl (C=O) groups is 1. The Morgan fingerprint density at radius 3 is 2.48 bits per heavy atom. The Morgan fingerprint density at radius 2 is 1.87 bits per heavy atom. The van der Waals surface area contributed by atoms with E-state index >= 15 is 0 Å². The van der Waals surface area contributed by atoms with Gasteiger partial charge in [0.1, 0.15) is 11.5 Å². The second-order valence-electron chi connectivity index (χ2n) is 4.87. The van der Waals surface area contributed by atoms with Crippen LogP contribution in [0.4, 0.5) is 4.39 Å². The number of hydrogen-bond donors (Lipinski definition) is 1. The highest BCUT2D eigenvalue weighted by Crippen LogP contribution is 2.27. The van der Waals surface area contributed by atoms with Gasteiger partial charge in [0, 0.05) is 10.5 Å². The number of nitrogens with two attached hydrogens (primary N) is 1. The van der Waals surface area contributed by atoms with Gasteiger partial charge in [0.25, 0.3) is 5.91 Å². The molecular formula is C17H14FN3OS. The molecule has 0 saturated heterocycles. The molecule has 116 valence electrons. The van der Waals surface area contributed by atoms with E-state index in [0.29, 0.717) is 5.69 Å². The van der Waals surface area contributed by atoms with E-state index in [4.69, 9.17) is 5.73 Å². The third-order valence-corrected chi connectivity index (χ3v) is 4.17. The molecular weight excluding hydrogens is 313 g/mol. The zero-order chi connectivity index (χ0) is 16.4. The largest absolute Gasteiger partial charge is 0.364 e. The number of benzene rings is 2. The number of carbonyl (C=O) groups excluding carboxylic acids is 1. The fourth-order valence-electron chi connectivity index (χ4n) is 2.28. The van der Waals surface area contributed by atoms with Crippen LogP contribution >= 0.6 is 11.8 Å². The number of primary amides is 1. The van der Waals surface area contributed by atoms with Gasteiger partial charge in [-0.05, 0) is 36.6 Å². The fourth-order valence-corrected chi connectivity index (χ4v) is 2.68. The lowest BCUT2D eigenvalue weighted by molar-refractivity contribution is 0.0995. The van der Waals surface area contributed by atoms with E-state index in [1.165, 1.54) is 10.7 Å². The predicted molar refractivity (Wildman–Crippen MR) is 89.3 cm³/mol. The number of halogens is 1. The Labute approximate surface area is 137 Å². The fraction of sp³-hybridized carbons (Fsp3) is 0.0588. The molecule has 6 heteroatoms. The van der Waals surface area contributed by atoms with Crippen LogP contribution in [0.15, 0.2) is 59.5 Å². The van der Waals surface area contributed by atoms with E-state index < -0.39 is 11.7 Å². The molecule has 2 N–H and O–H groups in total. The van der Waals surface area contributed by atoms with Gasteiger partial charge < -0.3 is 5.73 Å². The van der Waals surface area contributed by atoms with Crippen molar-refractivity contribution in [2.45, 2.75) is 4.90 Å². The maximum Gasteiger partial charge on any atom is 0.269 e. The molecule has 3 aromatic rings. The molecule has 4 nitrogen and oxygen atoms in total. The molecule has 0 saturated carbocycles. The molecule has 0 unspecified atom stereocenters. The summed E-state index contributed by atoms with van der Waals surface area (Å²) in [6.07, 6.45) is 1.99. The Hall–Kier alpha value is -2.60. The van der Waals surface area contributed by atoms with Gasteiger partial charge >= 0.3 is 0 Å². The minimum atomic E-state index is -0.651. The molecule has 23 heavy (non-hydrogen) atoms. The van der Waals surface area contributed by atoms with Crippen molar-refractivity contribution >= 4 is 17.7 Å². The van der Waals surface area contributed by atoms with Crippen LogP contribution in [0.1, 0.15) is 10.5 Å². The first-order valence-corrected chi connectivity index (χ1v) is 8.12. The van der Waals surface area contributed by atoms with Gasteiger partial charge in [-0.15, -0.1) is 11.8 Å². The minimum Gasteiger partial charge on any atom is -0.364 e. The molecule has 3 rings (SSSR count). The van der Waals surface area contributed by atoms with E-state index in [9.17, 15) is 9.18 Å². The number of nitrogens with zero attached hydrogens (tertiary/aromatic N) is 2. The highest BCUT2D eigenvalue weighted by Gasteiger charge is 2.16. The summed E-state index contributed by atoms with van der Waals surface area (Å²) in [7, 11) is 0. The maximum atomic E-state index is 14.1. The SMILES string of the molecule is CSc1ccc(-c2cc(C(N)=O)nn2-c2ccccc2F)cc1. The number of para-hydroxylation sites is 1. The Kier molecular flexibility index (Phi) is 4.16. The Morgan fingerprint density at radius 1 is 1.17 bits per heavy atom. The average Bonchev–Trinajstić information content (AvgIpc) is 3.01. The van der Waals surface area contributed by atoms with E-state index in [-0.39, 0.29) is 11.4 Å². The molecule has 1 amide bonds. The molecule has 0 fully saturated rings. The molecule has 0 atom stereocenters. The van der Waals surface area contributed by atoms with Crippen LogP contribution in [0.5, 0.6) is 0 Å². The van der Waals surface area contributed by atoms with Gasteiger partial charge in [-0.2, -0.15) is 5.10 Å². The van der Waals surface area contributed by atoms with Gasteiger partial charge in [0.05, 0.1) is 5.69 Å². The number of amides is 1. The van der Waals surface area contributed by atoms with Crippen LogP contribution in [-0.4, -0.2) is 21.9 Å². The molecule has 0 aliphatic heterocycles. The standard InChI is InChI=1S/C17H14FN3OS/c1-23-12-8-6-11(7-9-12)16-10-14(17(19)22)20-21(16)15-5-3-2-4-13(15)18/h2-10H,1H3,(H2,19,22). The zero-order valence-electron chi connectivity index (χ0n) is 12.4. The second kappa shape index (κ2) is 6.26. The van der Waals surface area contributed by atoms with E-state index in [1.54, 1.807) is 36.0 Å². The lowest BCUT2D eigenvalue weighted by Gasteiger charge is -2.09. The first kappa shape index (κ1) is 15.3. The van der Waals surface area contributed by atoms with Crippen molar-refractivity contribution in [2.24, 2.45) is 5.73 Å². The van der Waals surface area contributed by atoms with Crippen LogP contribution in [-0.2, 0) is 0 Å². The summed E-state index contributed by atoms with van der Waals surface area (Å²) in [4.78, 5) is 12.6. The van der Waals surface area contributed by atoms with Crippen LogP contribution in [0.25, 0.3) is 16.9 Å². The van der Waals surface area contributed by atoms with Crippen molar-refractivity contribution < 1.29 is 9.18 Å². The summed E-state index contributed by atoms with van der Waals surface area (Å²) in [5.41, 5.74) is 7.12. The molecule has 0 aliphatic rings. The Bertz CT molecular complexity index is 859. The molecule has 0 spiro atoms. The quantitative estimate of drug-likeness (QED) is 0.746. The number of hydrogen-bond acceptors (Lipinski definition) is 3. The average molecular weight is 327 g/mol. The highest BCUT2D eigenvalue weighted by molar-refractivity contribution is 7.98. The second-order valence-corrected chi connectivity index (χ2v) is 5.75. The third-order valence-electron chi connectivity index (χ3n) is 3.43. The van der Waals surface area contributed by atoms with Crippen LogP contribution < -0.4 is 5.73 Å². The topological polar surface area (TPSA) is 60.9 Å². The van der Waals surface area contributed by atoms with E-state index in [2.05, 4.69) is 5.10 Å². The van der Waals surface area contributed by atoms with Crippen LogP contribution in [0, 0.1) is 5.82 Å². The van der Waals surface area contributed by atoms with Crippen molar-refractivity contribution in [1.82, 2.24) is 9.78 Å². The summed E-state index contributed by atoms with van der Waals surface area (Å²) < 4.78 is 15.5. The van der Waals surface area contributed by atoms with Gasteiger partial charge in [-0.25, -0.2) is 9.07 Å². The van der Waals surface area contributed by atoms with E-state index in [0.717, 1.165) is 10.5 Å². The molecule has 0 bridgehead atoms. The maximum absolute atomic E-state index is 14.1. The monoisotopic (exact) mass is 327 g/mol. The van der Waals surface area contributed by atoms with Gasteiger partial charge in [0.2, 0.25) is 0 Å². The summed E-state index contributed by atoms with van der Waals surface area (Å²) in [5, 5.41) is 4.16. The van der Waals surface area contributed by atoms with Gasteiger partial charge in [-0.3, -0.25) is 4.79 Å². The molecule has 0 aliphatic carbocycles. The first-order chi connectivity index (χ1) is 11.1. The van der Waals surface area contributed by atoms with Crippen molar-refractivity contribution in [2.75, 3.05) is 6.26 Å². The van der Waals surface area contributed by atoms with E-state index in [1.807, 2.05) is 30.5 Å². The van der Waals surface area contributed by atoms with Crippen molar-refractivity contribution in [3.8, 4) is 16.9 Å². The summed E-state index contributed by atoms with van der Waals surface area (Å²) in [5.74, 6) is -1.07. The summed E-state index contributed by atoms with van der Waals surface area (Å²) in [6.45, 7) is 0. The predicted octanol–water partition coefficient (Wildman–Crippen LogP) is 3.50. The lowest BCUT2D eigenvalue weighted by atomic mass is 10.1. The molecule has 2 aromatic carbocycles. The molecule has 1 heterocycles. The summed E-state index contributed by atoms with van der Waals surface area (Å²) >= 11 is 1.63. The lowest BCUT2D eigenvalue weighted by Crippen LogP contribution is -2.12. The minimum absolute atomic E-state index is 0.0946. The summed E-state index contributed by atoms with van der Waals surface area (Å²) in [6, 6.07) is 15.6. The Balaban J connectivity index is 2.18.